The maximum Gasteiger partial charge on any atom is 0.307 e. The molecule has 6 nitrogen and oxygen atoms in total. The predicted octanol–water partition coefficient (Wildman–Crippen LogP) is -0.474. The van der Waals surface area contributed by atoms with Crippen LogP contribution in [-0.2, 0) is 9.59 Å². The highest BCUT2D eigenvalue weighted by Gasteiger charge is 2.32. The maximum atomic E-state index is 11.6. The van der Waals surface area contributed by atoms with Gasteiger partial charge in [-0.2, -0.15) is 0 Å². The number of amides is 1. The Kier molecular flexibility index (Phi) is 5.55. The van der Waals surface area contributed by atoms with Crippen LogP contribution in [0.5, 0.6) is 0 Å². The van der Waals surface area contributed by atoms with E-state index in [9.17, 15) is 9.59 Å². The molecule has 2 unspecified atom stereocenters. The van der Waals surface area contributed by atoms with Crippen LogP contribution >= 0.6 is 0 Å². The van der Waals surface area contributed by atoms with Gasteiger partial charge in [0.1, 0.15) is 0 Å². The van der Waals surface area contributed by atoms with Gasteiger partial charge in [0.25, 0.3) is 0 Å². The first-order chi connectivity index (χ1) is 8.43. The lowest BCUT2D eigenvalue weighted by molar-refractivity contribution is -0.144. The first kappa shape index (κ1) is 14.9. The summed E-state index contributed by atoms with van der Waals surface area (Å²) in [5.74, 6) is -1.50. The number of carboxylic acid groups (broad SMARTS) is 1. The topological polar surface area (TPSA) is 89.9 Å². The Hall–Kier alpha value is -1.14. The van der Waals surface area contributed by atoms with Crippen LogP contribution in [0.4, 0.5) is 0 Å². The summed E-state index contributed by atoms with van der Waals surface area (Å²) >= 11 is 0. The van der Waals surface area contributed by atoms with E-state index in [0.717, 1.165) is 0 Å². The van der Waals surface area contributed by atoms with Crippen LogP contribution in [0, 0.1) is 11.8 Å². The Morgan fingerprint density at radius 2 is 2.06 bits per heavy atom. The van der Waals surface area contributed by atoms with E-state index in [1.165, 1.54) is 0 Å². The lowest BCUT2D eigenvalue weighted by Gasteiger charge is -2.36. The van der Waals surface area contributed by atoms with Crippen LogP contribution in [-0.4, -0.2) is 59.3 Å². The summed E-state index contributed by atoms with van der Waals surface area (Å²) in [5.41, 5.74) is 0. The smallest absolute Gasteiger partial charge is 0.307 e. The zero-order valence-corrected chi connectivity index (χ0v) is 10.9. The van der Waals surface area contributed by atoms with E-state index < -0.39 is 11.9 Å². The highest BCUT2D eigenvalue weighted by atomic mass is 16.4. The Morgan fingerprint density at radius 3 is 2.56 bits per heavy atom. The standard InChI is InChI=1S/C12H22N2O4/c1-8(2)11(16)13-10-5-9(12(17)18)6-14(7-10)3-4-15/h8-10,15H,3-7H2,1-2H3,(H,13,16)(H,17,18). The molecule has 1 fully saturated rings. The lowest BCUT2D eigenvalue weighted by Crippen LogP contribution is -2.53. The molecule has 1 amide bonds. The minimum Gasteiger partial charge on any atom is -0.481 e. The van der Waals surface area contributed by atoms with Crippen molar-refractivity contribution in [1.29, 1.82) is 0 Å². The molecule has 1 saturated heterocycles. The Labute approximate surface area is 107 Å². The third-order valence-electron chi connectivity index (χ3n) is 3.16. The van der Waals surface area contributed by atoms with Crippen molar-refractivity contribution in [2.24, 2.45) is 11.8 Å². The van der Waals surface area contributed by atoms with E-state index in [0.29, 0.717) is 26.1 Å². The molecular weight excluding hydrogens is 236 g/mol. The molecular formula is C12H22N2O4. The number of nitrogens with zero attached hydrogens (tertiary/aromatic N) is 1. The predicted molar refractivity (Wildman–Crippen MR) is 66.0 cm³/mol. The van der Waals surface area contributed by atoms with E-state index in [1.54, 1.807) is 13.8 Å². The maximum absolute atomic E-state index is 11.6. The van der Waals surface area contributed by atoms with Crippen LogP contribution in [0.1, 0.15) is 20.3 Å². The number of carboxylic acids is 1. The van der Waals surface area contributed by atoms with Gasteiger partial charge in [-0.25, -0.2) is 0 Å². The van der Waals surface area contributed by atoms with Gasteiger partial charge in [-0.05, 0) is 6.42 Å². The molecule has 1 aliphatic heterocycles. The summed E-state index contributed by atoms with van der Waals surface area (Å²) in [6.45, 7) is 5.08. The largest absolute Gasteiger partial charge is 0.481 e. The number of carbonyl (C=O) groups excluding carboxylic acids is 1. The van der Waals surface area contributed by atoms with Crippen LogP contribution in [0.3, 0.4) is 0 Å². The van der Waals surface area contributed by atoms with Gasteiger partial charge in [0.15, 0.2) is 0 Å². The molecule has 0 aromatic heterocycles. The number of aliphatic hydroxyl groups is 1. The molecule has 0 aromatic carbocycles. The molecule has 1 aliphatic rings. The van der Waals surface area contributed by atoms with E-state index >= 15 is 0 Å². The van der Waals surface area contributed by atoms with E-state index in [2.05, 4.69) is 5.32 Å². The van der Waals surface area contributed by atoms with Gasteiger partial charge in [0, 0.05) is 31.6 Å². The van der Waals surface area contributed by atoms with Gasteiger partial charge in [-0.1, -0.05) is 13.8 Å². The van der Waals surface area contributed by atoms with Gasteiger partial charge in [0.2, 0.25) is 5.91 Å². The second kappa shape index (κ2) is 6.70. The van der Waals surface area contributed by atoms with Gasteiger partial charge in [-0.3, -0.25) is 14.5 Å². The van der Waals surface area contributed by atoms with E-state index in [4.69, 9.17) is 10.2 Å². The fourth-order valence-electron chi connectivity index (χ4n) is 2.17. The lowest BCUT2D eigenvalue weighted by atomic mass is 9.94. The fraction of sp³-hybridized carbons (Fsp3) is 0.833. The SMILES string of the molecule is CC(C)C(=O)NC1CC(C(=O)O)CN(CCO)C1. The van der Waals surface area contributed by atoms with Crippen molar-refractivity contribution in [2.75, 3.05) is 26.2 Å². The highest BCUT2D eigenvalue weighted by Crippen LogP contribution is 2.17. The minimum atomic E-state index is -0.846. The number of nitrogens with one attached hydrogen (secondary N) is 1. The summed E-state index contributed by atoms with van der Waals surface area (Å²) in [7, 11) is 0. The number of rotatable bonds is 5. The second-order valence-electron chi connectivity index (χ2n) is 5.11. The monoisotopic (exact) mass is 258 g/mol. The number of aliphatic carboxylic acids is 1. The molecule has 104 valence electrons. The van der Waals surface area contributed by atoms with E-state index in [-0.39, 0.29) is 24.5 Å². The van der Waals surface area contributed by atoms with Crippen LogP contribution in [0.25, 0.3) is 0 Å². The first-order valence-electron chi connectivity index (χ1n) is 6.30. The quantitative estimate of drug-likeness (QED) is 0.620. The summed E-state index contributed by atoms with van der Waals surface area (Å²) in [6, 6.07) is -0.152. The molecule has 6 heteroatoms. The average Bonchev–Trinajstić information content (AvgIpc) is 2.28. The minimum absolute atomic E-state index is 0.00279. The molecule has 0 radical (unpaired) electrons. The fourth-order valence-corrected chi connectivity index (χ4v) is 2.17. The number of hydrogen-bond donors (Lipinski definition) is 3. The number of β-amino-alcohol motifs (C(OH)–C–C–N with tert-alkyl or cyclic N) is 1. The Morgan fingerprint density at radius 1 is 1.39 bits per heavy atom. The second-order valence-corrected chi connectivity index (χ2v) is 5.11. The number of aliphatic hydroxyl groups excluding tert-OH is 1. The van der Waals surface area contributed by atoms with Crippen LogP contribution in [0.2, 0.25) is 0 Å². The summed E-state index contributed by atoms with van der Waals surface area (Å²) in [4.78, 5) is 24.6. The van der Waals surface area contributed by atoms with Crippen molar-refractivity contribution >= 4 is 11.9 Å². The van der Waals surface area contributed by atoms with Gasteiger partial charge < -0.3 is 15.5 Å². The van der Waals surface area contributed by atoms with Gasteiger partial charge in [0.05, 0.1) is 12.5 Å². The zero-order chi connectivity index (χ0) is 13.7. The van der Waals surface area contributed by atoms with Crippen molar-refractivity contribution in [1.82, 2.24) is 10.2 Å². The molecule has 0 bridgehead atoms. The summed E-state index contributed by atoms with van der Waals surface area (Å²) in [5, 5.41) is 20.9. The molecule has 1 heterocycles. The van der Waals surface area contributed by atoms with Crippen molar-refractivity contribution < 1.29 is 19.8 Å². The summed E-state index contributed by atoms with van der Waals surface area (Å²) < 4.78 is 0. The molecule has 0 spiro atoms. The van der Waals surface area contributed by atoms with E-state index in [1.807, 2.05) is 4.90 Å². The van der Waals surface area contributed by atoms with Crippen molar-refractivity contribution in [2.45, 2.75) is 26.3 Å². The number of piperidine rings is 1. The van der Waals surface area contributed by atoms with Crippen molar-refractivity contribution in [3.05, 3.63) is 0 Å². The first-order valence-corrected chi connectivity index (χ1v) is 6.30. The molecule has 1 rings (SSSR count). The Balaban J connectivity index is 2.60. The molecule has 18 heavy (non-hydrogen) atoms. The third kappa shape index (κ3) is 4.27. The zero-order valence-electron chi connectivity index (χ0n) is 10.9. The van der Waals surface area contributed by atoms with Crippen LogP contribution < -0.4 is 5.32 Å². The van der Waals surface area contributed by atoms with Gasteiger partial charge in [-0.15, -0.1) is 0 Å². The molecule has 0 aromatic rings. The molecule has 3 N–H and O–H groups in total. The average molecular weight is 258 g/mol. The number of hydrogen-bond acceptors (Lipinski definition) is 4. The van der Waals surface area contributed by atoms with Gasteiger partial charge >= 0.3 is 5.97 Å². The van der Waals surface area contributed by atoms with Crippen molar-refractivity contribution in [3.63, 3.8) is 0 Å². The molecule has 0 aliphatic carbocycles. The third-order valence-corrected chi connectivity index (χ3v) is 3.16. The highest BCUT2D eigenvalue weighted by molar-refractivity contribution is 5.78. The number of likely N-dealkylation sites (tertiary alicyclic amines) is 1. The molecule has 2 atom stereocenters. The van der Waals surface area contributed by atoms with Crippen molar-refractivity contribution in [3.8, 4) is 0 Å². The normalized spacial score (nSPS) is 25.1. The summed E-state index contributed by atoms with van der Waals surface area (Å²) in [6.07, 6.45) is 0.454. The molecule has 0 saturated carbocycles. The van der Waals surface area contributed by atoms with Crippen LogP contribution in [0.15, 0.2) is 0 Å². The Bertz CT molecular complexity index is 306. The number of carbonyl (C=O) groups is 2.